The largest absolute Gasteiger partial charge is 0.495 e. The van der Waals surface area contributed by atoms with Gasteiger partial charge in [-0.1, -0.05) is 0 Å². The summed E-state index contributed by atoms with van der Waals surface area (Å²) in [5.74, 6) is -0.280. The molecule has 0 radical (unpaired) electrons. The monoisotopic (exact) mass is 270 g/mol. The number of hydrogen-bond donors (Lipinski definition) is 0. The Bertz CT molecular complexity index is 679. The number of aromatic nitrogens is 2. The fraction of sp³-hybridized carbons (Fsp3) is 0.182. The minimum absolute atomic E-state index is 0.0388. The molecule has 0 spiro atoms. The van der Waals surface area contributed by atoms with Crippen molar-refractivity contribution in [2.24, 2.45) is 0 Å². The maximum Gasteiger partial charge on any atom is 0.272 e. The molecular formula is C11H11FN2O3S. The van der Waals surface area contributed by atoms with Crippen LogP contribution in [0.15, 0.2) is 35.5 Å². The predicted octanol–water partition coefficient (Wildman–Crippen LogP) is 1.58. The average molecular weight is 270 g/mol. The maximum atomic E-state index is 13.1. The molecule has 0 aliphatic heterocycles. The topological polar surface area (TPSA) is 61.2 Å². The Balaban J connectivity index is 2.65. The van der Waals surface area contributed by atoms with E-state index in [9.17, 15) is 12.8 Å². The summed E-state index contributed by atoms with van der Waals surface area (Å²) in [5.41, 5.74) is 0. The Morgan fingerprint density at radius 2 is 2.11 bits per heavy atom. The van der Waals surface area contributed by atoms with E-state index in [0.717, 1.165) is 16.1 Å². The van der Waals surface area contributed by atoms with Crippen LogP contribution >= 0.6 is 0 Å². The van der Waals surface area contributed by atoms with Gasteiger partial charge >= 0.3 is 0 Å². The van der Waals surface area contributed by atoms with E-state index < -0.39 is 15.8 Å². The Hall–Kier alpha value is -1.89. The molecule has 0 saturated heterocycles. The Morgan fingerprint density at radius 1 is 1.39 bits per heavy atom. The SMILES string of the molecule is COc1cc(F)ccc1S(=O)(=O)n1ccnc1C. The van der Waals surface area contributed by atoms with E-state index in [4.69, 9.17) is 4.74 Å². The molecule has 1 heterocycles. The third-order valence-corrected chi connectivity index (χ3v) is 4.24. The normalized spacial score (nSPS) is 11.5. The molecule has 0 bridgehead atoms. The van der Waals surface area contributed by atoms with Crippen molar-refractivity contribution >= 4 is 10.0 Å². The summed E-state index contributed by atoms with van der Waals surface area (Å²) >= 11 is 0. The lowest BCUT2D eigenvalue weighted by molar-refractivity contribution is 0.398. The van der Waals surface area contributed by atoms with Crippen molar-refractivity contribution in [3.05, 3.63) is 42.2 Å². The van der Waals surface area contributed by atoms with Crippen LogP contribution < -0.4 is 4.74 Å². The van der Waals surface area contributed by atoms with Gasteiger partial charge in [0, 0.05) is 18.5 Å². The number of imidazole rings is 1. The standard InChI is InChI=1S/C11H11FN2O3S/c1-8-13-5-6-14(8)18(15,16)11-4-3-9(12)7-10(11)17-2/h3-7H,1-2H3. The van der Waals surface area contributed by atoms with Crippen molar-refractivity contribution in [1.82, 2.24) is 8.96 Å². The minimum atomic E-state index is -3.82. The summed E-state index contributed by atoms with van der Waals surface area (Å²) in [5, 5.41) is 0. The molecule has 96 valence electrons. The summed E-state index contributed by atoms with van der Waals surface area (Å²) in [4.78, 5) is 3.75. The van der Waals surface area contributed by atoms with Crippen LogP contribution in [0.5, 0.6) is 5.75 Å². The fourth-order valence-electron chi connectivity index (χ4n) is 1.58. The minimum Gasteiger partial charge on any atom is -0.495 e. The summed E-state index contributed by atoms with van der Waals surface area (Å²) < 4.78 is 43.6. The van der Waals surface area contributed by atoms with E-state index in [2.05, 4.69) is 4.98 Å². The number of nitrogens with zero attached hydrogens (tertiary/aromatic N) is 2. The van der Waals surface area contributed by atoms with Crippen molar-refractivity contribution in [2.75, 3.05) is 7.11 Å². The zero-order valence-corrected chi connectivity index (χ0v) is 10.6. The molecule has 0 saturated carbocycles. The smallest absolute Gasteiger partial charge is 0.272 e. The number of rotatable bonds is 3. The van der Waals surface area contributed by atoms with Crippen molar-refractivity contribution in [3.8, 4) is 5.75 Å². The summed E-state index contributed by atoms with van der Waals surface area (Å²) in [7, 11) is -2.54. The second-order valence-corrected chi connectivity index (χ2v) is 5.35. The third kappa shape index (κ3) is 1.97. The van der Waals surface area contributed by atoms with Crippen molar-refractivity contribution < 1.29 is 17.5 Å². The zero-order valence-electron chi connectivity index (χ0n) is 9.79. The molecule has 0 aliphatic rings. The fourth-order valence-corrected chi connectivity index (χ4v) is 3.04. The van der Waals surface area contributed by atoms with E-state index in [1.165, 1.54) is 25.6 Å². The number of benzene rings is 1. The summed E-state index contributed by atoms with van der Waals surface area (Å²) in [6, 6.07) is 3.27. The predicted molar refractivity (Wildman–Crippen MR) is 62.5 cm³/mol. The van der Waals surface area contributed by atoms with Crippen LogP contribution in [0.25, 0.3) is 0 Å². The number of hydrogen-bond acceptors (Lipinski definition) is 4. The quantitative estimate of drug-likeness (QED) is 0.849. The van der Waals surface area contributed by atoms with Crippen LogP contribution in [0.1, 0.15) is 5.82 Å². The van der Waals surface area contributed by atoms with Crippen molar-refractivity contribution in [2.45, 2.75) is 11.8 Å². The highest BCUT2D eigenvalue weighted by atomic mass is 32.2. The second kappa shape index (κ2) is 4.41. The van der Waals surface area contributed by atoms with Crippen molar-refractivity contribution in [3.63, 3.8) is 0 Å². The van der Waals surface area contributed by atoms with Crippen LogP contribution in [0.4, 0.5) is 4.39 Å². The van der Waals surface area contributed by atoms with E-state index in [1.807, 2.05) is 0 Å². The van der Waals surface area contributed by atoms with Crippen LogP contribution in [-0.4, -0.2) is 24.5 Å². The van der Waals surface area contributed by atoms with E-state index in [1.54, 1.807) is 6.92 Å². The van der Waals surface area contributed by atoms with Gasteiger partial charge in [-0.25, -0.2) is 21.8 Å². The lowest BCUT2D eigenvalue weighted by Crippen LogP contribution is -2.14. The molecule has 1 aromatic heterocycles. The molecule has 0 unspecified atom stereocenters. The van der Waals surface area contributed by atoms with Crippen molar-refractivity contribution in [1.29, 1.82) is 0 Å². The van der Waals surface area contributed by atoms with Crippen LogP contribution in [-0.2, 0) is 10.0 Å². The van der Waals surface area contributed by atoms with E-state index >= 15 is 0 Å². The lowest BCUT2D eigenvalue weighted by Gasteiger charge is -2.11. The molecule has 0 aliphatic carbocycles. The van der Waals surface area contributed by atoms with Gasteiger partial charge in [-0.05, 0) is 19.1 Å². The van der Waals surface area contributed by atoms with Gasteiger partial charge in [-0.2, -0.15) is 0 Å². The Labute approximate surface area is 104 Å². The molecule has 0 fully saturated rings. The van der Waals surface area contributed by atoms with Gasteiger partial charge in [-0.3, -0.25) is 0 Å². The molecule has 0 atom stereocenters. The van der Waals surface area contributed by atoms with E-state index in [0.29, 0.717) is 5.82 Å². The van der Waals surface area contributed by atoms with Gasteiger partial charge in [0.05, 0.1) is 7.11 Å². The first-order chi connectivity index (χ1) is 8.46. The molecule has 0 N–H and O–H groups in total. The van der Waals surface area contributed by atoms with Gasteiger partial charge in [0.25, 0.3) is 10.0 Å². The average Bonchev–Trinajstić information content (AvgIpc) is 2.75. The van der Waals surface area contributed by atoms with Crippen LogP contribution in [0.3, 0.4) is 0 Å². The molecule has 5 nitrogen and oxygen atoms in total. The van der Waals surface area contributed by atoms with E-state index in [-0.39, 0.29) is 10.6 Å². The highest BCUT2D eigenvalue weighted by Gasteiger charge is 2.23. The van der Waals surface area contributed by atoms with Gasteiger partial charge in [0.15, 0.2) is 0 Å². The number of halogens is 1. The highest BCUT2D eigenvalue weighted by Crippen LogP contribution is 2.26. The molecule has 0 amide bonds. The van der Waals surface area contributed by atoms with Crippen LogP contribution in [0, 0.1) is 12.7 Å². The summed E-state index contributed by atoms with van der Waals surface area (Å²) in [6.45, 7) is 1.56. The Kier molecular flexibility index (Phi) is 3.08. The zero-order chi connectivity index (χ0) is 13.3. The third-order valence-electron chi connectivity index (χ3n) is 2.44. The number of methoxy groups -OCH3 is 1. The molecule has 18 heavy (non-hydrogen) atoms. The van der Waals surface area contributed by atoms with Gasteiger partial charge in [-0.15, -0.1) is 0 Å². The van der Waals surface area contributed by atoms with Gasteiger partial charge in [0.1, 0.15) is 22.3 Å². The van der Waals surface area contributed by atoms with Gasteiger partial charge in [0.2, 0.25) is 0 Å². The number of aryl methyl sites for hydroxylation is 1. The molecule has 2 aromatic rings. The highest BCUT2D eigenvalue weighted by molar-refractivity contribution is 7.90. The molecular weight excluding hydrogens is 259 g/mol. The molecule has 7 heteroatoms. The maximum absolute atomic E-state index is 13.1. The second-order valence-electron chi connectivity index (χ2n) is 3.57. The summed E-state index contributed by atoms with van der Waals surface area (Å²) in [6.07, 6.45) is 2.70. The first kappa shape index (κ1) is 12.6. The molecule has 2 rings (SSSR count). The molecule has 1 aromatic carbocycles. The first-order valence-electron chi connectivity index (χ1n) is 5.06. The number of ether oxygens (including phenoxy) is 1. The Morgan fingerprint density at radius 3 is 2.67 bits per heavy atom. The first-order valence-corrected chi connectivity index (χ1v) is 6.50. The van der Waals surface area contributed by atoms with Crippen LogP contribution in [0.2, 0.25) is 0 Å². The van der Waals surface area contributed by atoms with Gasteiger partial charge < -0.3 is 4.74 Å². The lowest BCUT2D eigenvalue weighted by atomic mass is 10.3.